The summed E-state index contributed by atoms with van der Waals surface area (Å²) in [4.78, 5) is 2.64. The first-order valence-corrected chi connectivity index (χ1v) is 7.96. The van der Waals surface area contributed by atoms with Crippen LogP contribution in [0.25, 0.3) is 0 Å². The van der Waals surface area contributed by atoms with Crippen LogP contribution in [0.5, 0.6) is 0 Å². The largest absolute Gasteiger partial charge is 0.307 e. The van der Waals surface area contributed by atoms with E-state index in [0.29, 0.717) is 6.04 Å². The van der Waals surface area contributed by atoms with Crippen molar-refractivity contribution in [3.8, 4) is 0 Å². The second kappa shape index (κ2) is 4.92. The highest BCUT2D eigenvalue weighted by atomic mass is 15.2. The maximum absolute atomic E-state index is 4.02. The van der Waals surface area contributed by atoms with Gasteiger partial charge in [-0.25, -0.2) is 0 Å². The molecule has 1 N–H and O–H groups in total. The van der Waals surface area contributed by atoms with Crippen LogP contribution in [0.15, 0.2) is 24.3 Å². The predicted octanol–water partition coefficient (Wildman–Crippen LogP) is 2.75. The molecule has 0 radical (unpaired) electrons. The molecule has 2 fully saturated rings. The van der Waals surface area contributed by atoms with Crippen molar-refractivity contribution in [3.63, 3.8) is 0 Å². The van der Waals surface area contributed by atoms with Gasteiger partial charge in [0.1, 0.15) is 0 Å². The van der Waals surface area contributed by atoms with E-state index in [0.717, 1.165) is 12.0 Å². The minimum absolute atomic E-state index is 0.613. The molecule has 19 heavy (non-hydrogen) atoms. The van der Waals surface area contributed by atoms with Crippen molar-refractivity contribution in [1.29, 1.82) is 0 Å². The lowest BCUT2D eigenvalue weighted by Gasteiger charge is -2.36. The van der Waals surface area contributed by atoms with Crippen LogP contribution in [0.2, 0.25) is 0 Å². The number of nitrogens with zero attached hydrogens (tertiary/aromatic N) is 1. The summed E-state index contributed by atoms with van der Waals surface area (Å²) < 4.78 is 0. The summed E-state index contributed by atoms with van der Waals surface area (Å²) in [6.07, 6.45) is 6.70. The fraction of sp³-hybridized carbons (Fsp3) is 0.647. The second-order valence-corrected chi connectivity index (χ2v) is 6.55. The Morgan fingerprint density at radius 3 is 2.95 bits per heavy atom. The molecule has 3 aliphatic rings. The number of benzene rings is 1. The molecule has 0 aromatic heterocycles. The molecule has 1 aliphatic carbocycles. The standard InChI is InChI=1S/C17H24N2/c1-2-6-15-13(4-1)5-3-7-17(15)18-16-9-11-19-10-8-14(16)12-19/h1-2,4,6,14,16-18H,3,5,7-12H2. The fourth-order valence-electron chi connectivity index (χ4n) is 4.36. The SMILES string of the molecule is c1ccc2c(c1)CCCC2NC1CCN2CCC1C2. The zero-order chi connectivity index (χ0) is 12.7. The van der Waals surface area contributed by atoms with Gasteiger partial charge in [-0.15, -0.1) is 0 Å². The molecule has 2 heterocycles. The molecule has 0 saturated carbocycles. The van der Waals surface area contributed by atoms with Crippen LogP contribution in [0.1, 0.15) is 42.9 Å². The quantitative estimate of drug-likeness (QED) is 0.875. The predicted molar refractivity (Wildman–Crippen MR) is 78.2 cm³/mol. The lowest BCUT2D eigenvalue weighted by Crippen LogP contribution is -2.45. The first-order chi connectivity index (χ1) is 9.40. The molecule has 4 unspecified atom stereocenters. The minimum Gasteiger partial charge on any atom is -0.307 e. The van der Waals surface area contributed by atoms with Gasteiger partial charge < -0.3 is 10.2 Å². The summed E-state index contributed by atoms with van der Waals surface area (Å²) >= 11 is 0. The number of rotatable bonds is 2. The highest BCUT2D eigenvalue weighted by molar-refractivity contribution is 5.32. The van der Waals surface area contributed by atoms with Gasteiger partial charge in [-0.2, -0.15) is 0 Å². The van der Waals surface area contributed by atoms with Crippen LogP contribution < -0.4 is 5.32 Å². The number of hydrogen-bond donors (Lipinski definition) is 1. The molecule has 2 aliphatic heterocycles. The summed E-state index contributed by atoms with van der Waals surface area (Å²) in [5.41, 5.74) is 3.16. The summed E-state index contributed by atoms with van der Waals surface area (Å²) in [5, 5.41) is 4.02. The van der Waals surface area contributed by atoms with Crippen LogP contribution in [-0.2, 0) is 6.42 Å². The van der Waals surface area contributed by atoms with E-state index in [1.807, 2.05) is 0 Å². The highest BCUT2D eigenvalue weighted by Crippen LogP contribution is 2.33. The third kappa shape index (κ3) is 2.21. The molecule has 2 heteroatoms. The first-order valence-electron chi connectivity index (χ1n) is 7.96. The van der Waals surface area contributed by atoms with Gasteiger partial charge >= 0.3 is 0 Å². The Balaban J connectivity index is 1.51. The molecular formula is C17H24N2. The molecule has 1 aromatic rings. The van der Waals surface area contributed by atoms with E-state index in [1.54, 1.807) is 11.1 Å². The zero-order valence-electron chi connectivity index (χ0n) is 11.6. The molecule has 102 valence electrons. The van der Waals surface area contributed by atoms with E-state index in [9.17, 15) is 0 Å². The number of aryl methyl sites for hydroxylation is 1. The maximum Gasteiger partial charge on any atom is 0.0325 e. The van der Waals surface area contributed by atoms with E-state index < -0.39 is 0 Å². The van der Waals surface area contributed by atoms with Gasteiger partial charge in [0.25, 0.3) is 0 Å². The van der Waals surface area contributed by atoms with Crippen LogP contribution in [0.3, 0.4) is 0 Å². The Bertz CT molecular complexity index is 456. The summed E-state index contributed by atoms with van der Waals surface area (Å²) in [6.45, 7) is 3.98. The number of hydrogen-bond acceptors (Lipinski definition) is 2. The van der Waals surface area contributed by atoms with Gasteiger partial charge in [0.15, 0.2) is 0 Å². The maximum atomic E-state index is 4.02. The zero-order valence-corrected chi connectivity index (χ0v) is 11.6. The number of nitrogens with one attached hydrogen (secondary N) is 1. The Labute approximate surface area is 116 Å². The molecule has 2 bridgehead atoms. The van der Waals surface area contributed by atoms with Gasteiger partial charge in [0, 0.05) is 18.6 Å². The Hall–Kier alpha value is -0.860. The summed E-state index contributed by atoms with van der Waals surface area (Å²) in [7, 11) is 0. The van der Waals surface area contributed by atoms with Gasteiger partial charge in [0.2, 0.25) is 0 Å². The third-order valence-corrected chi connectivity index (χ3v) is 5.42. The molecule has 4 rings (SSSR count). The van der Waals surface area contributed by atoms with Crippen molar-refractivity contribution < 1.29 is 0 Å². The average molecular weight is 256 g/mol. The van der Waals surface area contributed by atoms with E-state index in [4.69, 9.17) is 0 Å². The first kappa shape index (κ1) is 11.9. The van der Waals surface area contributed by atoms with E-state index in [-0.39, 0.29) is 0 Å². The minimum atomic E-state index is 0.613. The molecule has 0 amide bonds. The van der Waals surface area contributed by atoms with Crippen molar-refractivity contribution >= 4 is 0 Å². The Morgan fingerprint density at radius 2 is 1.95 bits per heavy atom. The van der Waals surface area contributed by atoms with Gasteiger partial charge in [-0.3, -0.25) is 0 Å². The molecule has 0 spiro atoms. The van der Waals surface area contributed by atoms with E-state index >= 15 is 0 Å². The fourth-order valence-corrected chi connectivity index (χ4v) is 4.36. The third-order valence-electron chi connectivity index (χ3n) is 5.42. The number of piperidine rings is 1. The molecule has 2 saturated heterocycles. The van der Waals surface area contributed by atoms with E-state index in [1.165, 1.54) is 51.7 Å². The van der Waals surface area contributed by atoms with E-state index in [2.05, 4.69) is 34.5 Å². The second-order valence-electron chi connectivity index (χ2n) is 6.55. The van der Waals surface area contributed by atoms with Gasteiger partial charge in [0.05, 0.1) is 0 Å². The van der Waals surface area contributed by atoms with Crippen molar-refractivity contribution in [1.82, 2.24) is 10.2 Å². The van der Waals surface area contributed by atoms with Crippen molar-refractivity contribution in [2.45, 2.75) is 44.2 Å². The molecule has 2 nitrogen and oxygen atoms in total. The van der Waals surface area contributed by atoms with Crippen LogP contribution >= 0.6 is 0 Å². The monoisotopic (exact) mass is 256 g/mol. The molecular weight excluding hydrogens is 232 g/mol. The van der Waals surface area contributed by atoms with Crippen LogP contribution in [0, 0.1) is 5.92 Å². The normalized spacial score (nSPS) is 37.1. The average Bonchev–Trinajstić information content (AvgIpc) is 2.85. The summed E-state index contributed by atoms with van der Waals surface area (Å²) in [6, 6.07) is 10.4. The van der Waals surface area contributed by atoms with Gasteiger partial charge in [-0.05, 0) is 62.2 Å². The van der Waals surface area contributed by atoms with Crippen molar-refractivity contribution in [2.75, 3.05) is 19.6 Å². The van der Waals surface area contributed by atoms with Gasteiger partial charge in [-0.1, -0.05) is 24.3 Å². The Kier molecular flexibility index (Phi) is 3.08. The topological polar surface area (TPSA) is 15.3 Å². The lowest BCUT2D eigenvalue weighted by molar-refractivity contribution is 0.205. The smallest absolute Gasteiger partial charge is 0.0325 e. The highest BCUT2D eigenvalue weighted by Gasteiger charge is 2.35. The lowest BCUT2D eigenvalue weighted by atomic mass is 9.85. The summed E-state index contributed by atoms with van der Waals surface area (Å²) in [5.74, 6) is 0.905. The van der Waals surface area contributed by atoms with Crippen LogP contribution in [-0.4, -0.2) is 30.6 Å². The van der Waals surface area contributed by atoms with Crippen LogP contribution in [0.4, 0.5) is 0 Å². The van der Waals surface area contributed by atoms with Crippen molar-refractivity contribution in [3.05, 3.63) is 35.4 Å². The molecule has 4 atom stereocenters. The Morgan fingerprint density at radius 1 is 1.05 bits per heavy atom. The number of fused-ring (bicyclic) bond motifs is 3. The van der Waals surface area contributed by atoms with Crippen molar-refractivity contribution in [2.24, 2.45) is 5.92 Å². The molecule has 1 aromatic carbocycles.